The van der Waals surface area contributed by atoms with Crippen molar-refractivity contribution >= 4 is 23.9 Å². The van der Waals surface area contributed by atoms with E-state index in [9.17, 15) is 19.2 Å². The fourth-order valence-electron chi connectivity index (χ4n) is 0.851. The van der Waals surface area contributed by atoms with Crippen LogP contribution in [-0.4, -0.2) is 49.4 Å². The van der Waals surface area contributed by atoms with Gasteiger partial charge in [0.15, 0.2) is 0 Å². The van der Waals surface area contributed by atoms with Crippen molar-refractivity contribution in [3.8, 4) is 0 Å². The Bertz CT molecular complexity index is 543. The third kappa shape index (κ3) is 16.7. The molecule has 0 saturated heterocycles. The molecule has 10 heteroatoms. The first-order valence-electron chi connectivity index (χ1n) is 6.01. The van der Waals surface area contributed by atoms with Crippen LogP contribution in [0.4, 0.5) is 0 Å². The smallest absolute Gasteiger partial charge is 0.328 e. The van der Waals surface area contributed by atoms with E-state index in [-0.39, 0.29) is 6.61 Å². The molecule has 0 aliphatic carbocycles. The van der Waals surface area contributed by atoms with Crippen molar-refractivity contribution in [3.63, 3.8) is 0 Å². The molecular formula is C14H16O10. The third-order valence-electron chi connectivity index (χ3n) is 1.85. The second-order valence-corrected chi connectivity index (χ2v) is 3.70. The molecule has 0 aliphatic heterocycles. The van der Waals surface area contributed by atoms with E-state index in [2.05, 4.69) is 0 Å². The minimum atomic E-state index is -1.26. The SMILES string of the molecule is Cc1ccoc1CO.O=C(O)/C=C\C(=O)O.O=C(O)/C=C\C(=O)O. The Morgan fingerprint density at radius 2 is 1.21 bits per heavy atom. The summed E-state index contributed by atoms with van der Waals surface area (Å²) in [6.45, 7) is 1.90. The highest BCUT2D eigenvalue weighted by Gasteiger charge is 1.95. The Balaban J connectivity index is 0. The molecule has 1 rings (SSSR count). The summed E-state index contributed by atoms with van der Waals surface area (Å²) in [6.07, 6.45) is 3.80. The van der Waals surface area contributed by atoms with E-state index in [1.165, 1.54) is 0 Å². The molecule has 24 heavy (non-hydrogen) atoms. The Labute approximate surface area is 135 Å². The third-order valence-corrected chi connectivity index (χ3v) is 1.85. The number of carboxylic acid groups (broad SMARTS) is 4. The minimum Gasteiger partial charge on any atom is -0.478 e. The van der Waals surface area contributed by atoms with Crippen molar-refractivity contribution in [2.45, 2.75) is 13.5 Å². The van der Waals surface area contributed by atoms with Gasteiger partial charge in [-0.1, -0.05) is 0 Å². The molecule has 0 aliphatic rings. The van der Waals surface area contributed by atoms with Gasteiger partial charge in [-0.25, -0.2) is 19.2 Å². The van der Waals surface area contributed by atoms with Crippen LogP contribution in [0.5, 0.6) is 0 Å². The summed E-state index contributed by atoms with van der Waals surface area (Å²) in [4.78, 5) is 38.2. The highest BCUT2D eigenvalue weighted by molar-refractivity contribution is 5.90. The molecule has 1 aromatic heterocycles. The lowest BCUT2D eigenvalue weighted by Gasteiger charge is -1.86. The predicted molar refractivity (Wildman–Crippen MR) is 78.2 cm³/mol. The number of rotatable bonds is 5. The van der Waals surface area contributed by atoms with E-state index in [0.29, 0.717) is 30.1 Å². The molecule has 0 unspecified atom stereocenters. The number of carbonyl (C=O) groups is 4. The largest absolute Gasteiger partial charge is 0.478 e. The van der Waals surface area contributed by atoms with Crippen molar-refractivity contribution in [2.24, 2.45) is 0 Å². The Kier molecular flexibility index (Phi) is 12.7. The normalized spacial score (nSPS) is 9.58. The second kappa shape index (κ2) is 13.3. The molecular weight excluding hydrogens is 328 g/mol. The van der Waals surface area contributed by atoms with Gasteiger partial charge in [0, 0.05) is 24.3 Å². The molecule has 1 aromatic rings. The molecule has 10 nitrogen and oxygen atoms in total. The maximum atomic E-state index is 9.55. The summed E-state index contributed by atoms with van der Waals surface area (Å²) in [5.41, 5.74) is 1.01. The quantitative estimate of drug-likeness (QED) is 0.471. The van der Waals surface area contributed by atoms with Crippen LogP contribution in [0.2, 0.25) is 0 Å². The van der Waals surface area contributed by atoms with Gasteiger partial charge in [-0.2, -0.15) is 0 Å². The van der Waals surface area contributed by atoms with Crippen molar-refractivity contribution < 1.29 is 49.1 Å². The Morgan fingerprint density at radius 3 is 1.33 bits per heavy atom. The Morgan fingerprint density at radius 1 is 0.875 bits per heavy atom. The monoisotopic (exact) mass is 344 g/mol. The number of aryl methyl sites for hydroxylation is 1. The van der Waals surface area contributed by atoms with Crippen molar-refractivity contribution in [1.29, 1.82) is 0 Å². The molecule has 0 amide bonds. The van der Waals surface area contributed by atoms with Gasteiger partial charge < -0.3 is 29.9 Å². The van der Waals surface area contributed by atoms with Crippen LogP contribution < -0.4 is 0 Å². The molecule has 132 valence electrons. The van der Waals surface area contributed by atoms with Gasteiger partial charge in [0.1, 0.15) is 12.4 Å². The standard InChI is InChI=1S/C6H8O2.2C4H4O4/c1-5-2-3-8-6(5)4-7;2*5-3(6)1-2-4(7)8/h2-3,7H,4H2,1H3;2*1-2H,(H,5,6)(H,7,8)/b;2*2-1-. The molecule has 1 heterocycles. The second-order valence-electron chi connectivity index (χ2n) is 3.70. The molecule has 0 fully saturated rings. The zero-order valence-corrected chi connectivity index (χ0v) is 12.4. The topological polar surface area (TPSA) is 183 Å². The van der Waals surface area contributed by atoms with Crippen LogP contribution in [0.1, 0.15) is 11.3 Å². The fraction of sp³-hybridized carbons (Fsp3) is 0.143. The first-order valence-corrected chi connectivity index (χ1v) is 6.01. The summed E-state index contributed by atoms with van der Waals surface area (Å²) in [5, 5.41) is 39.8. The van der Waals surface area contributed by atoms with E-state index < -0.39 is 23.9 Å². The van der Waals surface area contributed by atoms with Crippen LogP contribution in [0, 0.1) is 6.92 Å². The Hall–Kier alpha value is -3.40. The predicted octanol–water partition coefficient (Wildman–Crippen LogP) is 0.504. The number of aliphatic hydroxyl groups excluding tert-OH is 1. The van der Waals surface area contributed by atoms with Gasteiger partial charge in [0.2, 0.25) is 0 Å². The summed E-state index contributed by atoms with van der Waals surface area (Å²) < 4.78 is 4.86. The maximum Gasteiger partial charge on any atom is 0.328 e. The highest BCUT2D eigenvalue weighted by Crippen LogP contribution is 2.06. The molecule has 0 saturated carbocycles. The fourth-order valence-corrected chi connectivity index (χ4v) is 0.851. The maximum absolute atomic E-state index is 9.55. The number of carboxylic acids is 4. The zero-order valence-electron chi connectivity index (χ0n) is 12.4. The summed E-state index contributed by atoms with van der Waals surface area (Å²) in [7, 11) is 0. The summed E-state index contributed by atoms with van der Waals surface area (Å²) in [5.74, 6) is -4.37. The molecule has 0 aromatic carbocycles. The molecule has 0 bridgehead atoms. The van der Waals surface area contributed by atoms with Crippen LogP contribution in [0.3, 0.4) is 0 Å². The first kappa shape index (κ1) is 22.9. The average molecular weight is 344 g/mol. The molecule has 0 spiro atoms. The van der Waals surface area contributed by atoms with E-state index in [0.717, 1.165) is 5.56 Å². The number of hydrogen-bond donors (Lipinski definition) is 5. The number of aliphatic carboxylic acids is 4. The van der Waals surface area contributed by atoms with E-state index in [1.54, 1.807) is 6.26 Å². The summed E-state index contributed by atoms with van der Waals surface area (Å²) >= 11 is 0. The van der Waals surface area contributed by atoms with Crippen LogP contribution in [-0.2, 0) is 25.8 Å². The number of hydrogen-bond acceptors (Lipinski definition) is 6. The van der Waals surface area contributed by atoms with Crippen LogP contribution in [0.15, 0.2) is 41.1 Å². The molecule has 5 N–H and O–H groups in total. The summed E-state index contributed by atoms with van der Waals surface area (Å²) in [6, 6.07) is 1.82. The lowest BCUT2D eigenvalue weighted by Crippen LogP contribution is -1.91. The lowest BCUT2D eigenvalue weighted by molar-refractivity contribution is -0.134. The molecule has 0 atom stereocenters. The number of furan rings is 1. The molecule has 0 radical (unpaired) electrons. The zero-order chi connectivity index (χ0) is 19.1. The first-order chi connectivity index (χ1) is 11.1. The van der Waals surface area contributed by atoms with E-state index >= 15 is 0 Å². The average Bonchev–Trinajstić information content (AvgIpc) is 2.89. The van der Waals surface area contributed by atoms with Crippen molar-refractivity contribution in [3.05, 3.63) is 48.0 Å². The van der Waals surface area contributed by atoms with Crippen LogP contribution in [0.25, 0.3) is 0 Å². The van der Waals surface area contributed by atoms with Gasteiger partial charge in [-0.3, -0.25) is 0 Å². The van der Waals surface area contributed by atoms with Crippen molar-refractivity contribution in [2.75, 3.05) is 0 Å². The van der Waals surface area contributed by atoms with Gasteiger partial charge in [0.25, 0.3) is 0 Å². The highest BCUT2D eigenvalue weighted by atomic mass is 16.4. The van der Waals surface area contributed by atoms with Gasteiger partial charge in [-0.05, 0) is 18.6 Å². The number of aliphatic hydroxyl groups is 1. The van der Waals surface area contributed by atoms with Gasteiger partial charge in [-0.15, -0.1) is 0 Å². The van der Waals surface area contributed by atoms with Gasteiger partial charge >= 0.3 is 23.9 Å². The minimum absolute atomic E-state index is 0.00116. The van der Waals surface area contributed by atoms with E-state index in [4.69, 9.17) is 29.9 Å². The van der Waals surface area contributed by atoms with Gasteiger partial charge in [0.05, 0.1) is 6.26 Å². The van der Waals surface area contributed by atoms with Crippen LogP contribution >= 0.6 is 0 Å². The lowest BCUT2D eigenvalue weighted by atomic mass is 10.3. The van der Waals surface area contributed by atoms with E-state index in [1.807, 2.05) is 13.0 Å². The van der Waals surface area contributed by atoms with Crippen molar-refractivity contribution in [1.82, 2.24) is 0 Å².